The molecule has 0 amide bonds. The van der Waals surface area contributed by atoms with Gasteiger partial charge >= 0.3 is 5.97 Å². The Morgan fingerprint density at radius 3 is 2.69 bits per heavy atom. The predicted molar refractivity (Wildman–Crippen MR) is 60.4 cm³/mol. The summed E-state index contributed by atoms with van der Waals surface area (Å²) in [6.07, 6.45) is -1.32. The molecule has 0 saturated carbocycles. The number of alkyl halides is 1. The highest BCUT2D eigenvalue weighted by molar-refractivity contribution is 6.31. The number of carbonyl (C=O) groups is 1. The summed E-state index contributed by atoms with van der Waals surface area (Å²) in [4.78, 5) is 11.0. The fourth-order valence-electron chi connectivity index (χ4n) is 1.64. The van der Waals surface area contributed by atoms with Gasteiger partial charge in [0.1, 0.15) is 6.17 Å². The van der Waals surface area contributed by atoms with Crippen molar-refractivity contribution in [2.75, 3.05) is 6.54 Å². The maximum absolute atomic E-state index is 13.4. The fraction of sp³-hybridized carbons (Fsp3) is 0.364. The van der Waals surface area contributed by atoms with E-state index in [0.29, 0.717) is 5.56 Å². The molecule has 1 rings (SSSR count). The molecule has 88 valence electrons. The van der Waals surface area contributed by atoms with Crippen molar-refractivity contribution < 1.29 is 14.3 Å². The van der Waals surface area contributed by atoms with E-state index in [1.54, 1.807) is 12.1 Å². The third-order valence-corrected chi connectivity index (χ3v) is 2.72. The molecule has 3 nitrogen and oxygen atoms in total. The van der Waals surface area contributed by atoms with E-state index in [1.165, 1.54) is 13.0 Å². The number of carboxylic acids is 1. The molecule has 1 aromatic carbocycles. The van der Waals surface area contributed by atoms with Crippen LogP contribution in [0.2, 0.25) is 5.02 Å². The number of halogens is 2. The van der Waals surface area contributed by atoms with Crippen molar-refractivity contribution in [1.82, 2.24) is 0 Å². The molecule has 16 heavy (non-hydrogen) atoms. The van der Waals surface area contributed by atoms with E-state index < -0.39 is 18.1 Å². The normalized spacial score (nSPS) is 14.5. The molecule has 0 saturated heterocycles. The molecule has 2 atom stereocenters. The first kappa shape index (κ1) is 12.9. The van der Waals surface area contributed by atoms with E-state index in [4.69, 9.17) is 22.4 Å². The molecule has 0 heterocycles. The first-order valence-corrected chi connectivity index (χ1v) is 5.22. The van der Waals surface area contributed by atoms with Gasteiger partial charge in [-0.3, -0.25) is 4.79 Å². The number of hydrogen-bond donors (Lipinski definition) is 2. The minimum absolute atomic E-state index is 0.0879. The number of aliphatic carboxylic acids is 1. The average Bonchev–Trinajstić information content (AvgIpc) is 2.17. The standard InChI is InChI=1S/C11H13ClFNO2/c1-6(13)10-7(3-2-4-9(10)12)8(5-14)11(15)16/h2-4,6,8H,5,14H2,1H3,(H,15,16). The summed E-state index contributed by atoms with van der Waals surface area (Å²) in [6.45, 7) is 1.23. The maximum atomic E-state index is 13.4. The largest absolute Gasteiger partial charge is 0.481 e. The van der Waals surface area contributed by atoms with Gasteiger partial charge in [-0.15, -0.1) is 0 Å². The van der Waals surface area contributed by atoms with Crippen LogP contribution in [0.5, 0.6) is 0 Å². The van der Waals surface area contributed by atoms with Gasteiger partial charge in [-0.1, -0.05) is 23.7 Å². The monoisotopic (exact) mass is 245 g/mol. The lowest BCUT2D eigenvalue weighted by Gasteiger charge is -2.17. The molecular formula is C11H13ClFNO2. The van der Waals surface area contributed by atoms with Crippen molar-refractivity contribution >= 4 is 17.6 Å². The quantitative estimate of drug-likeness (QED) is 0.857. The Morgan fingerprint density at radius 2 is 2.25 bits per heavy atom. The smallest absolute Gasteiger partial charge is 0.312 e. The topological polar surface area (TPSA) is 63.3 Å². The second-order valence-corrected chi connectivity index (χ2v) is 3.89. The third-order valence-electron chi connectivity index (χ3n) is 2.39. The van der Waals surface area contributed by atoms with Gasteiger partial charge in [0.15, 0.2) is 0 Å². The van der Waals surface area contributed by atoms with Crippen LogP contribution in [-0.2, 0) is 4.79 Å². The summed E-state index contributed by atoms with van der Waals surface area (Å²) in [7, 11) is 0. The Bertz CT molecular complexity index is 396. The summed E-state index contributed by atoms with van der Waals surface area (Å²) in [5.41, 5.74) is 5.93. The Hall–Kier alpha value is -1.13. The molecule has 3 N–H and O–H groups in total. The number of rotatable bonds is 4. The number of benzene rings is 1. The zero-order chi connectivity index (χ0) is 12.3. The Kier molecular flexibility index (Phi) is 4.26. The van der Waals surface area contributed by atoms with Gasteiger partial charge in [-0.05, 0) is 18.6 Å². The van der Waals surface area contributed by atoms with E-state index in [-0.39, 0.29) is 17.1 Å². The average molecular weight is 246 g/mol. The molecule has 0 aliphatic carbocycles. The van der Waals surface area contributed by atoms with Crippen LogP contribution in [0.25, 0.3) is 0 Å². The molecule has 5 heteroatoms. The Balaban J connectivity index is 3.31. The minimum Gasteiger partial charge on any atom is -0.481 e. The second-order valence-electron chi connectivity index (χ2n) is 3.49. The van der Waals surface area contributed by atoms with Gasteiger partial charge in [0.25, 0.3) is 0 Å². The van der Waals surface area contributed by atoms with Crippen LogP contribution in [0.1, 0.15) is 30.1 Å². The van der Waals surface area contributed by atoms with E-state index >= 15 is 0 Å². The van der Waals surface area contributed by atoms with Gasteiger partial charge in [-0.25, -0.2) is 4.39 Å². The van der Waals surface area contributed by atoms with Crippen LogP contribution in [0.15, 0.2) is 18.2 Å². The zero-order valence-electron chi connectivity index (χ0n) is 8.78. The molecular weight excluding hydrogens is 233 g/mol. The van der Waals surface area contributed by atoms with Gasteiger partial charge in [-0.2, -0.15) is 0 Å². The van der Waals surface area contributed by atoms with Crippen molar-refractivity contribution in [2.45, 2.75) is 19.0 Å². The van der Waals surface area contributed by atoms with Crippen molar-refractivity contribution in [3.8, 4) is 0 Å². The van der Waals surface area contributed by atoms with Crippen LogP contribution in [0.3, 0.4) is 0 Å². The van der Waals surface area contributed by atoms with Crippen LogP contribution in [-0.4, -0.2) is 17.6 Å². The summed E-state index contributed by atoms with van der Waals surface area (Å²) in [6, 6.07) is 4.67. The summed E-state index contributed by atoms with van der Waals surface area (Å²) >= 11 is 5.86. The minimum atomic E-state index is -1.32. The highest BCUT2D eigenvalue weighted by Crippen LogP contribution is 2.33. The second kappa shape index (κ2) is 5.27. The van der Waals surface area contributed by atoms with E-state index in [2.05, 4.69) is 0 Å². The highest BCUT2D eigenvalue weighted by atomic mass is 35.5. The summed E-state index contributed by atoms with van der Waals surface area (Å²) < 4.78 is 13.4. The van der Waals surface area contributed by atoms with Crippen molar-refractivity contribution in [2.24, 2.45) is 5.73 Å². The predicted octanol–water partition coefficient (Wildman–Crippen LogP) is 2.50. The van der Waals surface area contributed by atoms with E-state index in [9.17, 15) is 9.18 Å². The van der Waals surface area contributed by atoms with Gasteiger partial charge < -0.3 is 10.8 Å². The maximum Gasteiger partial charge on any atom is 0.312 e. The lowest BCUT2D eigenvalue weighted by molar-refractivity contribution is -0.138. The van der Waals surface area contributed by atoms with Crippen LogP contribution in [0.4, 0.5) is 4.39 Å². The van der Waals surface area contributed by atoms with Crippen molar-refractivity contribution in [1.29, 1.82) is 0 Å². The molecule has 0 bridgehead atoms. The van der Waals surface area contributed by atoms with Gasteiger partial charge in [0, 0.05) is 17.1 Å². The van der Waals surface area contributed by atoms with Crippen molar-refractivity contribution in [3.05, 3.63) is 34.3 Å². The molecule has 0 spiro atoms. The SMILES string of the molecule is CC(F)c1c(Cl)cccc1C(CN)C(=O)O. The molecule has 0 aromatic heterocycles. The first-order chi connectivity index (χ1) is 7.49. The molecule has 1 aromatic rings. The Morgan fingerprint density at radius 1 is 1.62 bits per heavy atom. The van der Waals surface area contributed by atoms with E-state index in [0.717, 1.165) is 0 Å². The van der Waals surface area contributed by atoms with E-state index in [1.807, 2.05) is 0 Å². The number of carboxylic acid groups (broad SMARTS) is 1. The lowest BCUT2D eigenvalue weighted by atomic mass is 9.92. The Labute approximate surface area is 98.0 Å². The fourth-order valence-corrected chi connectivity index (χ4v) is 1.97. The molecule has 0 fully saturated rings. The number of hydrogen-bond acceptors (Lipinski definition) is 2. The van der Waals surface area contributed by atoms with Crippen molar-refractivity contribution in [3.63, 3.8) is 0 Å². The highest BCUT2D eigenvalue weighted by Gasteiger charge is 2.24. The zero-order valence-corrected chi connectivity index (χ0v) is 9.54. The van der Waals surface area contributed by atoms with Gasteiger partial charge in [0.05, 0.1) is 5.92 Å². The van der Waals surface area contributed by atoms with Gasteiger partial charge in [0.2, 0.25) is 0 Å². The van der Waals surface area contributed by atoms with Crippen LogP contribution in [0, 0.1) is 0 Å². The molecule has 0 aliphatic heterocycles. The summed E-state index contributed by atoms with van der Waals surface area (Å²) in [5.74, 6) is -2.00. The van der Waals surface area contributed by atoms with Crippen LogP contribution < -0.4 is 5.73 Å². The number of nitrogens with two attached hydrogens (primary N) is 1. The first-order valence-electron chi connectivity index (χ1n) is 4.84. The summed E-state index contributed by atoms with van der Waals surface area (Å²) in [5, 5.41) is 9.21. The van der Waals surface area contributed by atoms with Crippen LogP contribution >= 0.6 is 11.6 Å². The molecule has 2 unspecified atom stereocenters. The molecule has 0 radical (unpaired) electrons. The lowest BCUT2D eigenvalue weighted by Crippen LogP contribution is -2.22. The third kappa shape index (κ3) is 2.51. The molecule has 0 aliphatic rings.